The van der Waals surface area contributed by atoms with Crippen LogP contribution in [0.2, 0.25) is 0 Å². The molecule has 0 spiro atoms. The third-order valence-electron chi connectivity index (χ3n) is 3.78. The highest BCUT2D eigenvalue weighted by atomic mass is 16.5. The fourth-order valence-electron chi connectivity index (χ4n) is 2.73. The average Bonchev–Trinajstić information content (AvgIpc) is 2.33. The molecular formula is C15H22O. The Morgan fingerprint density at radius 3 is 2.56 bits per heavy atom. The molecule has 0 unspecified atom stereocenters. The van der Waals surface area contributed by atoms with Crippen molar-refractivity contribution in [3.8, 4) is 5.75 Å². The van der Waals surface area contributed by atoms with Crippen molar-refractivity contribution < 1.29 is 4.74 Å². The van der Waals surface area contributed by atoms with E-state index in [0.717, 1.165) is 11.7 Å². The Balaban J connectivity index is 2.03. The molecule has 16 heavy (non-hydrogen) atoms. The Morgan fingerprint density at radius 2 is 1.94 bits per heavy atom. The Kier molecular flexibility index (Phi) is 3.87. The molecule has 0 N–H and O–H groups in total. The Hall–Kier alpha value is -0.980. The third kappa shape index (κ3) is 2.78. The Bertz CT molecular complexity index is 337. The van der Waals surface area contributed by atoms with Gasteiger partial charge in [0.25, 0.3) is 0 Å². The van der Waals surface area contributed by atoms with Gasteiger partial charge in [0.2, 0.25) is 0 Å². The van der Waals surface area contributed by atoms with E-state index in [1.165, 1.54) is 49.7 Å². The molecular weight excluding hydrogens is 196 g/mol. The minimum atomic E-state index is 0.917. The van der Waals surface area contributed by atoms with Crippen molar-refractivity contribution in [2.75, 3.05) is 7.11 Å². The fourth-order valence-corrected chi connectivity index (χ4v) is 2.73. The Labute approximate surface area is 98.8 Å². The van der Waals surface area contributed by atoms with Crippen LogP contribution in [-0.4, -0.2) is 7.11 Å². The maximum Gasteiger partial charge on any atom is 0.119 e. The second-order valence-corrected chi connectivity index (χ2v) is 5.00. The molecule has 0 bridgehead atoms. The number of aryl methyl sites for hydroxylation is 1. The van der Waals surface area contributed by atoms with Gasteiger partial charge in [0.1, 0.15) is 5.75 Å². The zero-order valence-corrected chi connectivity index (χ0v) is 10.5. The van der Waals surface area contributed by atoms with Crippen LogP contribution in [-0.2, 0) is 6.42 Å². The standard InChI is InChI=1S/C15H22O/c1-12-10-15(16-2)9-8-14(12)11-13-6-4-3-5-7-13/h8-10,13H,3-7,11H2,1-2H3. The van der Waals surface area contributed by atoms with E-state index in [0.29, 0.717) is 0 Å². The number of methoxy groups -OCH3 is 1. The lowest BCUT2D eigenvalue weighted by Gasteiger charge is -2.22. The zero-order chi connectivity index (χ0) is 11.4. The summed E-state index contributed by atoms with van der Waals surface area (Å²) in [5, 5.41) is 0. The molecule has 0 amide bonds. The van der Waals surface area contributed by atoms with Crippen LogP contribution in [0, 0.1) is 12.8 Å². The lowest BCUT2D eigenvalue weighted by Crippen LogP contribution is -2.10. The maximum absolute atomic E-state index is 5.24. The van der Waals surface area contributed by atoms with Crippen molar-refractivity contribution in [2.24, 2.45) is 5.92 Å². The van der Waals surface area contributed by atoms with Crippen molar-refractivity contribution in [2.45, 2.75) is 45.4 Å². The average molecular weight is 218 g/mol. The van der Waals surface area contributed by atoms with Crippen LogP contribution in [0.15, 0.2) is 18.2 Å². The molecule has 1 aliphatic rings. The maximum atomic E-state index is 5.24. The quantitative estimate of drug-likeness (QED) is 0.741. The van der Waals surface area contributed by atoms with Crippen LogP contribution in [0.25, 0.3) is 0 Å². The van der Waals surface area contributed by atoms with Gasteiger partial charge in [0.05, 0.1) is 7.11 Å². The summed E-state index contributed by atoms with van der Waals surface area (Å²) in [5.74, 6) is 1.89. The second-order valence-electron chi connectivity index (χ2n) is 5.00. The summed E-state index contributed by atoms with van der Waals surface area (Å²) in [6, 6.07) is 6.48. The van der Waals surface area contributed by atoms with Crippen molar-refractivity contribution in [3.05, 3.63) is 29.3 Å². The van der Waals surface area contributed by atoms with Gasteiger partial charge < -0.3 is 4.74 Å². The topological polar surface area (TPSA) is 9.23 Å². The smallest absolute Gasteiger partial charge is 0.119 e. The summed E-state index contributed by atoms with van der Waals surface area (Å²) in [7, 11) is 1.73. The van der Waals surface area contributed by atoms with E-state index in [2.05, 4.69) is 25.1 Å². The van der Waals surface area contributed by atoms with Crippen LogP contribution >= 0.6 is 0 Å². The molecule has 1 aromatic carbocycles. The summed E-state index contributed by atoms with van der Waals surface area (Å²) in [5.41, 5.74) is 2.89. The van der Waals surface area contributed by atoms with Crippen molar-refractivity contribution in [1.82, 2.24) is 0 Å². The summed E-state index contributed by atoms with van der Waals surface area (Å²) < 4.78 is 5.24. The van der Waals surface area contributed by atoms with Crippen molar-refractivity contribution in [3.63, 3.8) is 0 Å². The van der Waals surface area contributed by atoms with Gasteiger partial charge in [-0.15, -0.1) is 0 Å². The van der Waals surface area contributed by atoms with E-state index in [9.17, 15) is 0 Å². The highest BCUT2D eigenvalue weighted by Gasteiger charge is 2.14. The molecule has 0 aromatic heterocycles. The number of rotatable bonds is 3. The number of hydrogen-bond donors (Lipinski definition) is 0. The molecule has 1 aromatic rings. The van der Waals surface area contributed by atoms with Crippen LogP contribution < -0.4 is 4.74 Å². The molecule has 0 radical (unpaired) electrons. The monoisotopic (exact) mass is 218 g/mol. The van der Waals surface area contributed by atoms with Crippen LogP contribution in [0.3, 0.4) is 0 Å². The van der Waals surface area contributed by atoms with Gasteiger partial charge in [-0.05, 0) is 42.5 Å². The van der Waals surface area contributed by atoms with Crippen LogP contribution in [0.1, 0.15) is 43.2 Å². The zero-order valence-electron chi connectivity index (χ0n) is 10.5. The molecule has 1 saturated carbocycles. The highest BCUT2D eigenvalue weighted by Crippen LogP contribution is 2.28. The van der Waals surface area contributed by atoms with E-state index >= 15 is 0 Å². The minimum absolute atomic E-state index is 0.917. The first-order chi connectivity index (χ1) is 7.79. The van der Waals surface area contributed by atoms with Gasteiger partial charge in [0.15, 0.2) is 0 Å². The Morgan fingerprint density at radius 1 is 1.19 bits per heavy atom. The first kappa shape index (κ1) is 11.5. The summed E-state index contributed by atoms with van der Waals surface area (Å²) in [6.07, 6.45) is 8.41. The lowest BCUT2D eigenvalue weighted by molar-refractivity contribution is 0.356. The molecule has 2 rings (SSSR count). The van der Waals surface area contributed by atoms with E-state index in [4.69, 9.17) is 4.74 Å². The largest absolute Gasteiger partial charge is 0.497 e. The minimum Gasteiger partial charge on any atom is -0.497 e. The summed E-state index contributed by atoms with van der Waals surface area (Å²) in [4.78, 5) is 0. The number of ether oxygens (including phenoxy) is 1. The van der Waals surface area contributed by atoms with Gasteiger partial charge in [-0.3, -0.25) is 0 Å². The molecule has 0 saturated heterocycles. The molecule has 0 atom stereocenters. The van der Waals surface area contributed by atoms with Gasteiger partial charge in [0, 0.05) is 0 Å². The molecule has 0 aliphatic heterocycles. The predicted octanol–water partition coefficient (Wildman–Crippen LogP) is 4.13. The van der Waals surface area contributed by atoms with Crippen molar-refractivity contribution in [1.29, 1.82) is 0 Å². The predicted molar refractivity (Wildman–Crippen MR) is 68.0 cm³/mol. The van der Waals surface area contributed by atoms with Gasteiger partial charge >= 0.3 is 0 Å². The third-order valence-corrected chi connectivity index (χ3v) is 3.78. The van der Waals surface area contributed by atoms with E-state index in [1.54, 1.807) is 7.11 Å². The lowest BCUT2D eigenvalue weighted by atomic mass is 9.84. The highest BCUT2D eigenvalue weighted by molar-refractivity contribution is 5.35. The van der Waals surface area contributed by atoms with Crippen LogP contribution in [0.5, 0.6) is 5.75 Å². The SMILES string of the molecule is COc1ccc(CC2CCCCC2)c(C)c1. The molecule has 0 heterocycles. The summed E-state index contributed by atoms with van der Waals surface area (Å²) in [6.45, 7) is 2.20. The molecule has 1 aliphatic carbocycles. The van der Waals surface area contributed by atoms with Crippen molar-refractivity contribution >= 4 is 0 Å². The molecule has 1 fully saturated rings. The van der Waals surface area contributed by atoms with Gasteiger partial charge in [-0.2, -0.15) is 0 Å². The molecule has 88 valence electrons. The van der Waals surface area contributed by atoms with Crippen LogP contribution in [0.4, 0.5) is 0 Å². The number of hydrogen-bond acceptors (Lipinski definition) is 1. The second kappa shape index (κ2) is 5.38. The van der Waals surface area contributed by atoms with Gasteiger partial charge in [-0.25, -0.2) is 0 Å². The van der Waals surface area contributed by atoms with Gasteiger partial charge in [-0.1, -0.05) is 38.2 Å². The molecule has 1 nitrogen and oxygen atoms in total. The number of benzene rings is 1. The van der Waals surface area contributed by atoms with E-state index < -0.39 is 0 Å². The summed E-state index contributed by atoms with van der Waals surface area (Å²) >= 11 is 0. The normalized spacial score (nSPS) is 17.4. The fraction of sp³-hybridized carbons (Fsp3) is 0.600. The first-order valence-electron chi connectivity index (χ1n) is 6.43. The molecule has 1 heteroatoms. The first-order valence-corrected chi connectivity index (χ1v) is 6.43. The van der Waals surface area contributed by atoms with E-state index in [1.807, 2.05) is 0 Å². The van der Waals surface area contributed by atoms with E-state index in [-0.39, 0.29) is 0 Å².